The van der Waals surface area contributed by atoms with Gasteiger partial charge in [-0.25, -0.2) is 24.3 Å². The molecule has 3 aromatic rings. The second kappa shape index (κ2) is 12.8. The van der Waals surface area contributed by atoms with Crippen molar-refractivity contribution in [1.82, 2.24) is 0 Å². The molecule has 0 radical (unpaired) electrons. The third-order valence-corrected chi connectivity index (χ3v) is 2.56. The summed E-state index contributed by atoms with van der Waals surface area (Å²) in [5, 5.41) is 0. The topological polar surface area (TPSA) is 0 Å². The second-order valence-corrected chi connectivity index (χ2v) is 4.41. The first-order valence-electron chi connectivity index (χ1n) is 6.89. The maximum Gasteiger partial charge on any atom is -0.172 e. The normalized spacial score (nSPS) is 10.3. The van der Waals surface area contributed by atoms with Crippen LogP contribution < -0.4 is 0 Å². The molecule has 0 aliphatic carbocycles. The van der Waals surface area contributed by atoms with Crippen LogP contribution in [0.1, 0.15) is 11.1 Å². The van der Waals surface area contributed by atoms with E-state index in [1.807, 2.05) is 60.7 Å². The molecule has 0 fully saturated rings. The average Bonchev–Trinajstić information content (AvgIpc) is 3.33. The average molecular weight is 427 g/mol. The van der Waals surface area contributed by atoms with Crippen molar-refractivity contribution in [2.75, 3.05) is 0 Å². The number of alkyl halides is 6. The summed E-state index contributed by atoms with van der Waals surface area (Å²) >= 11 is 1.47. The molecule has 8 heteroatoms. The molecular weight excluding hydrogens is 414 g/mol. The molecule has 26 heavy (non-hydrogen) atoms. The Kier molecular flexibility index (Phi) is 12.1. The Morgan fingerprint density at radius 3 is 1.35 bits per heavy atom. The van der Waals surface area contributed by atoms with Gasteiger partial charge < -0.3 is 0 Å². The number of hydrogen-bond donors (Lipinski definition) is 0. The van der Waals surface area contributed by atoms with Crippen molar-refractivity contribution in [3.05, 3.63) is 96.1 Å². The summed E-state index contributed by atoms with van der Waals surface area (Å²) in [6.07, 6.45) is -9.30. The van der Waals surface area contributed by atoms with Gasteiger partial charge >= 0.3 is 41.0 Å². The standard InChI is InChI=1S/C8H3F6.2C5H5.ClH.Ti/c9-7(10,11)5-1-2-6(4-3-5)8(12,13)14;2*1-2-4-5-3-1;;/h1-3H;2*1-5H;1H;/q3*-1;;+4/p-1. The van der Waals surface area contributed by atoms with E-state index in [1.54, 1.807) is 0 Å². The summed E-state index contributed by atoms with van der Waals surface area (Å²) in [4.78, 5) is 0. The Bertz CT molecular complexity index is 547. The van der Waals surface area contributed by atoms with E-state index in [9.17, 15) is 26.3 Å². The van der Waals surface area contributed by atoms with Gasteiger partial charge in [-0.3, -0.25) is 0 Å². The Morgan fingerprint density at radius 2 is 1.15 bits per heavy atom. The van der Waals surface area contributed by atoms with Gasteiger partial charge in [-0.1, -0.05) is 11.1 Å². The summed E-state index contributed by atoms with van der Waals surface area (Å²) in [5.41, 5.74) is -2.36. The fourth-order valence-electron chi connectivity index (χ4n) is 1.42. The van der Waals surface area contributed by atoms with E-state index in [1.165, 1.54) is 25.4 Å². The molecule has 0 aromatic heterocycles. The van der Waals surface area contributed by atoms with E-state index < -0.39 is 23.5 Å². The van der Waals surface area contributed by atoms with Crippen molar-refractivity contribution in [1.29, 1.82) is 0 Å². The SMILES string of the molecule is FC(F)(F)c1[c-]cc(C(F)(F)F)cc1.[Cl][Ti+3].c1cc[cH-]c1.c1cc[cH-]c1. The fourth-order valence-corrected chi connectivity index (χ4v) is 1.42. The van der Waals surface area contributed by atoms with Gasteiger partial charge in [0.2, 0.25) is 0 Å². The zero-order chi connectivity index (χ0) is 20.1. The molecule has 0 amide bonds. The smallest absolute Gasteiger partial charge is 0.172 e. The molecule has 3 rings (SSSR count). The molecule has 0 saturated heterocycles. The van der Waals surface area contributed by atoms with Gasteiger partial charge in [0.25, 0.3) is 0 Å². The Hall–Kier alpha value is -1.50. The van der Waals surface area contributed by atoms with E-state index in [4.69, 9.17) is 0 Å². The largest absolute Gasteiger partial charge is 0.214 e. The molecule has 0 aliphatic rings. The van der Waals surface area contributed by atoms with Gasteiger partial charge in [-0.15, -0.1) is 0 Å². The first-order chi connectivity index (χ1) is 12.2. The van der Waals surface area contributed by atoms with Gasteiger partial charge in [0, 0.05) is 0 Å². The monoisotopic (exact) mass is 426 g/mol. The first kappa shape index (κ1) is 24.5. The molecule has 3 aromatic carbocycles. The molecular formula is C18H13ClF6Ti. The quantitative estimate of drug-likeness (QED) is 0.206. The number of halogens is 7. The van der Waals surface area contributed by atoms with Crippen LogP contribution in [0.3, 0.4) is 0 Å². The van der Waals surface area contributed by atoms with Crippen molar-refractivity contribution in [2.24, 2.45) is 0 Å². The Labute approximate surface area is 163 Å². The van der Waals surface area contributed by atoms with Gasteiger partial charge in [0.15, 0.2) is 0 Å². The van der Waals surface area contributed by atoms with Crippen LogP contribution >= 0.6 is 9.30 Å². The zero-order valence-electron chi connectivity index (χ0n) is 13.2. The van der Waals surface area contributed by atoms with Crippen LogP contribution in [-0.2, 0) is 31.7 Å². The summed E-state index contributed by atoms with van der Waals surface area (Å²) in [7, 11) is 4.64. The number of rotatable bonds is 0. The van der Waals surface area contributed by atoms with Crippen LogP contribution in [0.15, 0.2) is 78.9 Å². The van der Waals surface area contributed by atoms with Gasteiger partial charge in [-0.2, -0.15) is 87.0 Å². The molecule has 0 spiro atoms. The van der Waals surface area contributed by atoms with Crippen LogP contribution in [0.2, 0.25) is 0 Å². The van der Waals surface area contributed by atoms with Gasteiger partial charge in [0.05, 0.1) is 0 Å². The van der Waals surface area contributed by atoms with Gasteiger partial charge in [0.1, 0.15) is 0 Å². The molecule has 0 aliphatic heterocycles. The predicted molar refractivity (Wildman–Crippen MR) is 85.2 cm³/mol. The molecule has 0 saturated carbocycles. The second-order valence-electron chi connectivity index (χ2n) is 4.41. The Morgan fingerprint density at radius 1 is 0.731 bits per heavy atom. The minimum atomic E-state index is -4.66. The fraction of sp³-hybridized carbons (Fsp3) is 0.111. The van der Waals surface area contributed by atoms with E-state index >= 15 is 0 Å². The van der Waals surface area contributed by atoms with E-state index in [0.717, 1.165) is 0 Å². The van der Waals surface area contributed by atoms with E-state index in [-0.39, 0.29) is 6.07 Å². The van der Waals surface area contributed by atoms with Crippen LogP contribution in [0.5, 0.6) is 0 Å². The van der Waals surface area contributed by atoms with Crippen LogP contribution in [0, 0.1) is 6.07 Å². The van der Waals surface area contributed by atoms with Crippen LogP contribution in [-0.4, -0.2) is 0 Å². The van der Waals surface area contributed by atoms with E-state index in [2.05, 4.69) is 9.30 Å². The van der Waals surface area contributed by atoms with Crippen molar-refractivity contribution in [2.45, 2.75) is 12.4 Å². The number of benzene rings is 1. The van der Waals surface area contributed by atoms with Crippen molar-refractivity contribution in [3.8, 4) is 0 Å². The minimum Gasteiger partial charge on any atom is -0.214 e. The first-order valence-corrected chi connectivity index (χ1v) is 9.04. The van der Waals surface area contributed by atoms with Gasteiger partial charge in [-0.05, 0) is 0 Å². The van der Waals surface area contributed by atoms with Crippen LogP contribution in [0.25, 0.3) is 0 Å². The predicted octanol–water partition coefficient (Wildman–Crippen LogP) is 7.02. The van der Waals surface area contributed by atoms with Crippen LogP contribution in [0.4, 0.5) is 26.3 Å². The van der Waals surface area contributed by atoms with E-state index in [0.29, 0.717) is 12.1 Å². The van der Waals surface area contributed by atoms with Crippen molar-refractivity contribution in [3.63, 3.8) is 0 Å². The Balaban J connectivity index is 0.000000421. The molecule has 0 unspecified atom stereocenters. The minimum absolute atomic E-state index is 0.281. The molecule has 0 bridgehead atoms. The van der Waals surface area contributed by atoms with Crippen molar-refractivity contribution >= 4 is 9.30 Å². The van der Waals surface area contributed by atoms with Crippen molar-refractivity contribution < 1.29 is 45.7 Å². The maximum absolute atomic E-state index is 11.9. The molecule has 0 nitrogen and oxygen atoms in total. The summed E-state index contributed by atoms with van der Waals surface area (Å²) in [6.45, 7) is 0. The third-order valence-electron chi connectivity index (χ3n) is 2.56. The molecule has 0 N–H and O–H groups in total. The third kappa shape index (κ3) is 11.2. The molecule has 0 heterocycles. The molecule has 0 atom stereocenters. The summed E-state index contributed by atoms with van der Waals surface area (Å²) in [6, 6.07) is 22.5. The zero-order valence-corrected chi connectivity index (χ0v) is 15.5. The number of hydrogen-bond acceptors (Lipinski definition) is 0. The maximum atomic E-state index is 11.9. The molecule has 138 valence electrons. The summed E-state index contributed by atoms with van der Waals surface area (Å²) < 4.78 is 71.5. The summed E-state index contributed by atoms with van der Waals surface area (Å²) in [5.74, 6) is 0.